The van der Waals surface area contributed by atoms with Crippen LogP contribution in [0.4, 0.5) is 0 Å². The zero-order valence-corrected chi connectivity index (χ0v) is 20.2. The molecule has 7 nitrogen and oxygen atoms in total. The molecule has 1 unspecified atom stereocenters. The molecule has 0 spiro atoms. The van der Waals surface area contributed by atoms with Gasteiger partial charge in [-0.1, -0.05) is 42.5 Å². The third-order valence-electron chi connectivity index (χ3n) is 6.02. The Morgan fingerprint density at radius 2 is 1.65 bits per heavy atom. The molecule has 0 radical (unpaired) electrons. The Bertz CT molecular complexity index is 1440. The number of hydrogen-bond acceptors (Lipinski definition) is 6. The maximum atomic E-state index is 13.3. The Labute approximate surface area is 214 Å². The van der Waals surface area contributed by atoms with Gasteiger partial charge in [0.15, 0.2) is 0 Å². The SMILES string of the molecule is CCOc1cccc(/C(O)=C2\C(=O)C(=O)N(Cc3ccco3)C2c2cccc(Oc3ccccc3)c2)c1. The van der Waals surface area contributed by atoms with Crippen molar-refractivity contribution in [1.29, 1.82) is 0 Å². The Hall–Kier alpha value is -4.78. The van der Waals surface area contributed by atoms with Crippen molar-refractivity contribution in [2.75, 3.05) is 6.61 Å². The number of ether oxygens (including phenoxy) is 2. The summed E-state index contributed by atoms with van der Waals surface area (Å²) in [5.74, 6) is 0.473. The quantitative estimate of drug-likeness (QED) is 0.181. The van der Waals surface area contributed by atoms with Crippen LogP contribution in [0, 0.1) is 0 Å². The number of rotatable bonds is 8. The van der Waals surface area contributed by atoms with Crippen molar-refractivity contribution in [3.8, 4) is 17.2 Å². The van der Waals surface area contributed by atoms with Gasteiger partial charge in [0.25, 0.3) is 11.7 Å². The highest BCUT2D eigenvalue weighted by molar-refractivity contribution is 6.46. The lowest BCUT2D eigenvalue weighted by molar-refractivity contribution is -0.140. The van der Waals surface area contributed by atoms with Crippen LogP contribution in [0.15, 0.2) is 107 Å². The van der Waals surface area contributed by atoms with Crippen molar-refractivity contribution in [1.82, 2.24) is 4.90 Å². The molecule has 2 heterocycles. The van der Waals surface area contributed by atoms with Crippen LogP contribution in [0.25, 0.3) is 5.76 Å². The van der Waals surface area contributed by atoms with Crippen molar-refractivity contribution in [2.45, 2.75) is 19.5 Å². The number of benzene rings is 3. The van der Waals surface area contributed by atoms with Crippen LogP contribution in [0.3, 0.4) is 0 Å². The van der Waals surface area contributed by atoms with E-state index in [-0.39, 0.29) is 17.9 Å². The average molecular weight is 496 g/mol. The smallest absolute Gasteiger partial charge is 0.296 e. The van der Waals surface area contributed by atoms with Gasteiger partial charge in [0.2, 0.25) is 0 Å². The summed E-state index contributed by atoms with van der Waals surface area (Å²) in [7, 11) is 0. The zero-order valence-electron chi connectivity index (χ0n) is 20.2. The fourth-order valence-electron chi connectivity index (χ4n) is 4.39. The van der Waals surface area contributed by atoms with E-state index in [2.05, 4.69) is 0 Å². The van der Waals surface area contributed by atoms with E-state index in [1.165, 1.54) is 11.2 Å². The highest BCUT2D eigenvalue weighted by Crippen LogP contribution is 2.41. The van der Waals surface area contributed by atoms with Crippen molar-refractivity contribution in [2.24, 2.45) is 0 Å². The minimum absolute atomic E-state index is 0.0120. The first-order valence-corrected chi connectivity index (χ1v) is 11.9. The van der Waals surface area contributed by atoms with Gasteiger partial charge in [0.1, 0.15) is 28.8 Å². The van der Waals surface area contributed by atoms with Crippen LogP contribution in [-0.2, 0) is 16.1 Å². The summed E-state index contributed by atoms with van der Waals surface area (Å²) >= 11 is 0. The zero-order chi connectivity index (χ0) is 25.8. The Balaban J connectivity index is 1.61. The highest BCUT2D eigenvalue weighted by Gasteiger charge is 2.46. The molecule has 1 amide bonds. The second kappa shape index (κ2) is 10.5. The molecule has 0 saturated carbocycles. The number of carbonyl (C=O) groups is 2. The van der Waals surface area contributed by atoms with Gasteiger partial charge in [-0.25, -0.2) is 0 Å². The van der Waals surface area contributed by atoms with Crippen LogP contribution in [0.1, 0.15) is 29.9 Å². The number of Topliss-reactive ketones (excluding diaryl/α,β-unsaturated/α-hetero) is 1. The summed E-state index contributed by atoms with van der Waals surface area (Å²) in [5.41, 5.74) is 0.979. The minimum Gasteiger partial charge on any atom is -0.507 e. The maximum absolute atomic E-state index is 13.3. The molecular formula is C30H25NO6. The molecule has 5 rings (SSSR count). The summed E-state index contributed by atoms with van der Waals surface area (Å²) in [4.78, 5) is 28.0. The first-order valence-electron chi connectivity index (χ1n) is 11.9. The van der Waals surface area contributed by atoms with Crippen LogP contribution in [0.5, 0.6) is 17.2 Å². The number of aliphatic hydroxyl groups excluding tert-OH is 1. The average Bonchev–Trinajstić information content (AvgIpc) is 3.52. The number of hydrogen-bond donors (Lipinski definition) is 1. The van der Waals surface area contributed by atoms with Gasteiger partial charge in [-0.15, -0.1) is 0 Å². The monoisotopic (exact) mass is 495 g/mol. The Morgan fingerprint density at radius 1 is 0.892 bits per heavy atom. The molecule has 7 heteroatoms. The van der Waals surface area contributed by atoms with E-state index < -0.39 is 17.7 Å². The third-order valence-corrected chi connectivity index (χ3v) is 6.02. The molecule has 1 aliphatic heterocycles. The molecule has 1 aliphatic rings. The lowest BCUT2D eigenvalue weighted by Gasteiger charge is -2.25. The van der Waals surface area contributed by atoms with Gasteiger partial charge < -0.3 is 23.9 Å². The van der Waals surface area contributed by atoms with Gasteiger partial charge >= 0.3 is 0 Å². The molecule has 0 bridgehead atoms. The van der Waals surface area contributed by atoms with E-state index >= 15 is 0 Å². The number of ketones is 1. The molecule has 1 saturated heterocycles. The van der Waals surface area contributed by atoms with Gasteiger partial charge in [-0.05, 0) is 61.0 Å². The fourth-order valence-corrected chi connectivity index (χ4v) is 4.39. The second-order valence-corrected chi connectivity index (χ2v) is 8.45. The number of para-hydroxylation sites is 1. The summed E-state index contributed by atoms with van der Waals surface area (Å²) in [6.45, 7) is 2.37. The molecule has 4 aromatic rings. The van der Waals surface area contributed by atoms with Crippen LogP contribution < -0.4 is 9.47 Å². The number of likely N-dealkylation sites (tertiary alicyclic amines) is 1. The number of nitrogens with zero attached hydrogens (tertiary/aromatic N) is 1. The van der Waals surface area contributed by atoms with E-state index in [0.29, 0.717) is 40.7 Å². The Kier molecular flexibility index (Phi) is 6.76. The van der Waals surface area contributed by atoms with Crippen molar-refractivity contribution in [3.05, 3.63) is 120 Å². The number of amides is 1. The molecule has 3 aromatic carbocycles. The van der Waals surface area contributed by atoms with Crippen molar-refractivity contribution >= 4 is 17.4 Å². The number of carbonyl (C=O) groups excluding carboxylic acids is 2. The summed E-state index contributed by atoms with van der Waals surface area (Å²) in [6.07, 6.45) is 1.51. The first-order chi connectivity index (χ1) is 18.0. The lowest BCUT2D eigenvalue weighted by atomic mass is 9.95. The molecule has 37 heavy (non-hydrogen) atoms. The molecule has 1 aromatic heterocycles. The topological polar surface area (TPSA) is 89.2 Å². The summed E-state index contributed by atoms with van der Waals surface area (Å²) in [6, 6.07) is 25.8. The first kappa shape index (κ1) is 23.9. The van der Waals surface area contributed by atoms with E-state index in [4.69, 9.17) is 13.9 Å². The van der Waals surface area contributed by atoms with Gasteiger partial charge in [-0.3, -0.25) is 9.59 Å². The van der Waals surface area contributed by atoms with Crippen molar-refractivity contribution < 1.29 is 28.6 Å². The van der Waals surface area contributed by atoms with Crippen LogP contribution in [0.2, 0.25) is 0 Å². The van der Waals surface area contributed by atoms with Crippen LogP contribution in [-0.4, -0.2) is 28.3 Å². The minimum atomic E-state index is -0.861. The van der Waals surface area contributed by atoms with Gasteiger partial charge in [0.05, 0.1) is 31.0 Å². The largest absolute Gasteiger partial charge is 0.507 e. The molecule has 186 valence electrons. The molecule has 1 fully saturated rings. The molecular weight excluding hydrogens is 470 g/mol. The van der Waals surface area contributed by atoms with E-state index in [9.17, 15) is 14.7 Å². The van der Waals surface area contributed by atoms with E-state index in [1.54, 1.807) is 60.7 Å². The number of furan rings is 1. The fraction of sp³-hybridized carbons (Fsp3) is 0.133. The van der Waals surface area contributed by atoms with E-state index in [0.717, 1.165) is 0 Å². The third kappa shape index (κ3) is 4.97. The predicted octanol–water partition coefficient (Wildman–Crippen LogP) is 6.09. The molecule has 1 N–H and O–H groups in total. The van der Waals surface area contributed by atoms with Crippen molar-refractivity contribution in [3.63, 3.8) is 0 Å². The van der Waals surface area contributed by atoms with Gasteiger partial charge in [0, 0.05) is 5.56 Å². The highest BCUT2D eigenvalue weighted by atomic mass is 16.5. The Morgan fingerprint density at radius 3 is 2.41 bits per heavy atom. The summed E-state index contributed by atoms with van der Waals surface area (Å²) < 4.78 is 17.0. The van der Waals surface area contributed by atoms with E-state index in [1.807, 2.05) is 37.3 Å². The van der Waals surface area contributed by atoms with Gasteiger partial charge in [-0.2, -0.15) is 0 Å². The molecule has 0 aliphatic carbocycles. The predicted molar refractivity (Wildman–Crippen MR) is 137 cm³/mol. The second-order valence-electron chi connectivity index (χ2n) is 8.45. The normalized spacial score (nSPS) is 16.7. The maximum Gasteiger partial charge on any atom is 0.296 e. The number of aliphatic hydroxyl groups is 1. The lowest BCUT2D eigenvalue weighted by Crippen LogP contribution is -2.29. The summed E-state index contributed by atoms with van der Waals surface area (Å²) in [5, 5.41) is 11.4. The standard InChI is InChI=1S/C30H25NO6/c1-2-35-23-13-7-10-21(18-23)28(32)26-27(31(30(34)29(26)33)19-25-15-8-16-36-25)20-9-6-14-24(17-20)37-22-11-4-3-5-12-22/h3-18,27,32H,2,19H2,1H3/b28-26+. The van der Waals surface area contributed by atoms with Crippen LogP contribution >= 0.6 is 0 Å². The molecule has 1 atom stereocenters.